The number of amides is 2. The Morgan fingerprint density at radius 2 is 2.37 bits per heavy atom. The molecule has 7 nitrogen and oxygen atoms in total. The zero-order chi connectivity index (χ0) is 14.0. The van der Waals surface area contributed by atoms with Gasteiger partial charge < -0.3 is 20.9 Å². The van der Waals surface area contributed by atoms with Crippen LogP contribution in [0.5, 0.6) is 0 Å². The lowest BCUT2D eigenvalue weighted by Gasteiger charge is -2.25. The van der Waals surface area contributed by atoms with Gasteiger partial charge in [0.05, 0.1) is 24.2 Å². The maximum atomic E-state index is 12.2. The fraction of sp³-hybridized carbons (Fsp3) is 0.583. The number of aryl methyl sites for hydroxylation is 1. The van der Waals surface area contributed by atoms with E-state index < -0.39 is 11.9 Å². The van der Waals surface area contributed by atoms with Crippen LogP contribution in [0.15, 0.2) is 10.6 Å². The van der Waals surface area contributed by atoms with Crippen molar-refractivity contribution in [3.63, 3.8) is 0 Å². The van der Waals surface area contributed by atoms with Crippen LogP contribution in [0, 0.1) is 6.92 Å². The van der Waals surface area contributed by atoms with Gasteiger partial charge in [0.1, 0.15) is 0 Å². The molecule has 0 aliphatic carbocycles. The molecule has 0 radical (unpaired) electrons. The maximum Gasteiger partial charge on any atom is 0.240 e. The molecular formula is C12H18N4O3. The number of nitrogens with zero attached hydrogens (tertiary/aromatic N) is 2. The number of carbonyl (C=O) groups is 2. The molecule has 0 spiro atoms. The highest BCUT2D eigenvalue weighted by molar-refractivity contribution is 5.87. The standard InChI is InChI=1S/C12H18N4O3/c1-7-5-10(19-15-7)9-3-2-4-16(9)12(18)8(13)6-11(14)17/h5,8-9H,2-4,6,13H2,1H3,(H2,14,17). The number of aromatic nitrogens is 1. The summed E-state index contributed by atoms with van der Waals surface area (Å²) in [5, 5.41) is 3.83. The molecule has 1 aromatic rings. The van der Waals surface area contributed by atoms with E-state index in [0.29, 0.717) is 12.3 Å². The molecule has 19 heavy (non-hydrogen) atoms. The Morgan fingerprint density at radius 1 is 1.63 bits per heavy atom. The molecule has 2 amide bonds. The molecule has 1 aliphatic rings. The quantitative estimate of drug-likeness (QED) is 0.786. The molecule has 2 rings (SSSR count). The van der Waals surface area contributed by atoms with E-state index >= 15 is 0 Å². The van der Waals surface area contributed by atoms with Gasteiger partial charge in [-0.25, -0.2) is 0 Å². The normalized spacial score (nSPS) is 20.5. The Morgan fingerprint density at radius 3 is 2.95 bits per heavy atom. The lowest BCUT2D eigenvalue weighted by Crippen LogP contribution is -2.45. The van der Waals surface area contributed by atoms with Gasteiger partial charge in [-0.05, 0) is 19.8 Å². The van der Waals surface area contributed by atoms with Crippen molar-refractivity contribution in [1.29, 1.82) is 0 Å². The van der Waals surface area contributed by atoms with E-state index in [1.807, 2.05) is 13.0 Å². The molecule has 0 saturated carbocycles. The number of nitrogens with two attached hydrogens (primary N) is 2. The summed E-state index contributed by atoms with van der Waals surface area (Å²) in [6.07, 6.45) is 1.54. The minimum absolute atomic E-state index is 0.141. The lowest BCUT2D eigenvalue weighted by atomic mass is 10.1. The monoisotopic (exact) mass is 266 g/mol. The highest BCUT2D eigenvalue weighted by Gasteiger charge is 2.35. The van der Waals surface area contributed by atoms with Crippen molar-refractivity contribution < 1.29 is 14.1 Å². The highest BCUT2D eigenvalue weighted by atomic mass is 16.5. The molecule has 1 aromatic heterocycles. The van der Waals surface area contributed by atoms with Gasteiger partial charge in [0.2, 0.25) is 11.8 Å². The van der Waals surface area contributed by atoms with Gasteiger partial charge in [-0.1, -0.05) is 5.16 Å². The molecule has 0 bridgehead atoms. The van der Waals surface area contributed by atoms with Crippen molar-refractivity contribution in [2.24, 2.45) is 11.5 Å². The zero-order valence-electron chi connectivity index (χ0n) is 10.8. The second-order valence-electron chi connectivity index (χ2n) is 4.84. The number of likely N-dealkylation sites (tertiary alicyclic amines) is 1. The van der Waals surface area contributed by atoms with Crippen LogP contribution in [-0.2, 0) is 9.59 Å². The van der Waals surface area contributed by atoms with Crippen molar-refractivity contribution in [3.05, 3.63) is 17.5 Å². The minimum atomic E-state index is -0.887. The van der Waals surface area contributed by atoms with Gasteiger partial charge in [-0.3, -0.25) is 9.59 Å². The van der Waals surface area contributed by atoms with E-state index in [0.717, 1.165) is 18.5 Å². The number of hydrogen-bond donors (Lipinski definition) is 2. The Labute approximate surface area is 110 Å². The summed E-state index contributed by atoms with van der Waals surface area (Å²) in [6.45, 7) is 2.43. The van der Waals surface area contributed by atoms with Crippen LogP contribution in [0.2, 0.25) is 0 Å². The van der Waals surface area contributed by atoms with Crippen LogP contribution in [0.3, 0.4) is 0 Å². The van der Waals surface area contributed by atoms with Gasteiger partial charge in [0, 0.05) is 12.6 Å². The van der Waals surface area contributed by atoms with E-state index in [2.05, 4.69) is 5.16 Å². The van der Waals surface area contributed by atoms with Crippen LogP contribution in [0.4, 0.5) is 0 Å². The van der Waals surface area contributed by atoms with Gasteiger partial charge in [-0.2, -0.15) is 0 Å². The minimum Gasteiger partial charge on any atom is -0.370 e. The summed E-state index contributed by atoms with van der Waals surface area (Å²) in [7, 11) is 0. The molecule has 2 unspecified atom stereocenters. The third-order valence-corrected chi connectivity index (χ3v) is 3.25. The van der Waals surface area contributed by atoms with Crippen molar-refractivity contribution in [2.75, 3.05) is 6.54 Å². The molecule has 1 aliphatic heterocycles. The first kappa shape index (κ1) is 13.5. The predicted octanol–water partition coefficient (Wildman–Crippen LogP) is -0.151. The molecule has 2 atom stereocenters. The summed E-state index contributed by atoms with van der Waals surface area (Å²) in [5.41, 5.74) is 11.5. The van der Waals surface area contributed by atoms with Crippen LogP contribution < -0.4 is 11.5 Å². The van der Waals surface area contributed by atoms with E-state index in [4.69, 9.17) is 16.0 Å². The number of primary amides is 1. The Kier molecular flexibility index (Phi) is 3.84. The first-order chi connectivity index (χ1) is 8.99. The van der Waals surface area contributed by atoms with Gasteiger partial charge in [0.25, 0.3) is 0 Å². The Balaban J connectivity index is 2.10. The second-order valence-corrected chi connectivity index (χ2v) is 4.84. The van der Waals surface area contributed by atoms with E-state index in [1.54, 1.807) is 4.90 Å². The average molecular weight is 266 g/mol. The number of hydrogen-bond acceptors (Lipinski definition) is 5. The maximum absolute atomic E-state index is 12.2. The van der Waals surface area contributed by atoms with Crippen molar-refractivity contribution in [3.8, 4) is 0 Å². The summed E-state index contributed by atoms with van der Waals surface area (Å²) in [5.74, 6) is -0.183. The van der Waals surface area contributed by atoms with Crippen LogP contribution in [0.25, 0.3) is 0 Å². The predicted molar refractivity (Wildman–Crippen MR) is 66.7 cm³/mol. The molecule has 1 fully saturated rings. The fourth-order valence-corrected chi connectivity index (χ4v) is 2.38. The Bertz CT molecular complexity index is 485. The summed E-state index contributed by atoms with van der Waals surface area (Å²) >= 11 is 0. The fourth-order valence-electron chi connectivity index (χ4n) is 2.38. The van der Waals surface area contributed by atoms with Crippen LogP contribution in [0.1, 0.15) is 36.8 Å². The summed E-state index contributed by atoms with van der Waals surface area (Å²) in [6, 6.07) is 0.783. The Hall–Kier alpha value is -1.89. The second kappa shape index (κ2) is 5.40. The molecule has 1 saturated heterocycles. The molecular weight excluding hydrogens is 248 g/mol. The van der Waals surface area contributed by atoms with Crippen molar-refractivity contribution in [1.82, 2.24) is 10.1 Å². The van der Waals surface area contributed by atoms with E-state index in [1.165, 1.54) is 0 Å². The molecule has 2 heterocycles. The first-order valence-electron chi connectivity index (χ1n) is 6.26. The molecule has 7 heteroatoms. The van der Waals surface area contributed by atoms with Crippen molar-refractivity contribution >= 4 is 11.8 Å². The average Bonchev–Trinajstić information content (AvgIpc) is 2.94. The topological polar surface area (TPSA) is 115 Å². The van der Waals surface area contributed by atoms with Crippen molar-refractivity contribution in [2.45, 2.75) is 38.3 Å². The molecule has 0 aromatic carbocycles. The van der Waals surface area contributed by atoms with Crippen LogP contribution >= 0.6 is 0 Å². The first-order valence-corrected chi connectivity index (χ1v) is 6.26. The van der Waals surface area contributed by atoms with Crippen LogP contribution in [-0.4, -0.2) is 34.5 Å². The smallest absolute Gasteiger partial charge is 0.240 e. The molecule has 104 valence electrons. The van der Waals surface area contributed by atoms with Gasteiger partial charge in [0.15, 0.2) is 5.76 Å². The zero-order valence-corrected chi connectivity index (χ0v) is 10.8. The summed E-state index contributed by atoms with van der Waals surface area (Å²) < 4.78 is 5.21. The number of carbonyl (C=O) groups excluding carboxylic acids is 2. The third-order valence-electron chi connectivity index (χ3n) is 3.25. The van der Waals surface area contributed by atoms with Gasteiger partial charge >= 0.3 is 0 Å². The van der Waals surface area contributed by atoms with E-state index in [9.17, 15) is 9.59 Å². The lowest BCUT2D eigenvalue weighted by molar-refractivity contribution is -0.135. The highest BCUT2D eigenvalue weighted by Crippen LogP contribution is 2.32. The van der Waals surface area contributed by atoms with Gasteiger partial charge in [-0.15, -0.1) is 0 Å². The summed E-state index contributed by atoms with van der Waals surface area (Å²) in [4.78, 5) is 24.7. The molecule has 4 N–H and O–H groups in total. The number of rotatable bonds is 4. The van der Waals surface area contributed by atoms with E-state index in [-0.39, 0.29) is 18.4 Å². The largest absolute Gasteiger partial charge is 0.370 e. The third kappa shape index (κ3) is 2.93. The SMILES string of the molecule is Cc1cc(C2CCCN2C(=O)C(N)CC(N)=O)on1.